The highest BCUT2D eigenvalue weighted by Gasteiger charge is 2.63. The third-order valence-corrected chi connectivity index (χ3v) is 5.59. The second kappa shape index (κ2) is 3.47. The van der Waals surface area contributed by atoms with E-state index in [0.717, 1.165) is 19.4 Å². The topological polar surface area (TPSA) is 23.6 Å². The first-order chi connectivity index (χ1) is 8.75. The van der Waals surface area contributed by atoms with E-state index in [4.69, 9.17) is 0 Å². The second-order valence-electron chi connectivity index (χ2n) is 6.34. The first kappa shape index (κ1) is 10.8. The predicted octanol–water partition coefficient (Wildman–Crippen LogP) is 1.42. The van der Waals surface area contributed by atoms with Crippen LogP contribution in [0.2, 0.25) is 0 Å². The van der Waals surface area contributed by atoms with Crippen molar-refractivity contribution in [3.05, 3.63) is 24.8 Å². The van der Waals surface area contributed by atoms with Gasteiger partial charge >= 0.3 is 0 Å². The molecule has 5 atom stereocenters. The standard InChI is InChI=1S/C15H20N2O/c1-2-4-13-15-6-3-5-14(18)17(15)9-11-7-12(15)10-16(13)8-11/h2-3,5,11-13H,1,4,6-10H2/t11-,12+,13+,15+/m0/s1. The van der Waals surface area contributed by atoms with E-state index >= 15 is 0 Å². The molecule has 3 saturated heterocycles. The first-order valence-electron chi connectivity index (χ1n) is 7.09. The molecule has 0 radical (unpaired) electrons. The number of hydrogen-bond acceptors (Lipinski definition) is 2. The van der Waals surface area contributed by atoms with Crippen LogP contribution in [0.25, 0.3) is 0 Å². The molecule has 0 aromatic heterocycles. The van der Waals surface area contributed by atoms with Crippen LogP contribution in [-0.2, 0) is 4.79 Å². The Balaban J connectivity index is 1.85. The van der Waals surface area contributed by atoms with Crippen LogP contribution in [0.5, 0.6) is 0 Å². The van der Waals surface area contributed by atoms with Crippen molar-refractivity contribution in [1.29, 1.82) is 0 Å². The molecule has 3 fully saturated rings. The highest BCUT2D eigenvalue weighted by Crippen LogP contribution is 2.53. The van der Waals surface area contributed by atoms with Crippen molar-refractivity contribution in [2.24, 2.45) is 11.8 Å². The van der Waals surface area contributed by atoms with E-state index in [1.165, 1.54) is 19.5 Å². The first-order valence-corrected chi connectivity index (χ1v) is 7.09. The molecule has 96 valence electrons. The number of amides is 1. The fourth-order valence-electron chi connectivity index (χ4n) is 5.06. The summed E-state index contributed by atoms with van der Waals surface area (Å²) in [4.78, 5) is 17.1. The minimum atomic E-state index is 0.0903. The summed E-state index contributed by atoms with van der Waals surface area (Å²) < 4.78 is 0. The molecule has 0 saturated carbocycles. The maximum atomic E-state index is 12.3. The molecule has 0 aliphatic carbocycles. The average molecular weight is 244 g/mol. The van der Waals surface area contributed by atoms with Crippen LogP contribution in [-0.4, -0.2) is 46.9 Å². The Labute approximate surface area is 108 Å². The summed E-state index contributed by atoms with van der Waals surface area (Å²) >= 11 is 0. The monoisotopic (exact) mass is 244 g/mol. The van der Waals surface area contributed by atoms with Gasteiger partial charge in [0.15, 0.2) is 0 Å². The lowest BCUT2D eigenvalue weighted by Crippen LogP contribution is -2.64. The molecular formula is C15H20N2O. The number of nitrogens with zero attached hydrogens (tertiary/aromatic N) is 2. The number of fused-ring (bicyclic) bond motifs is 2. The number of rotatable bonds is 2. The van der Waals surface area contributed by atoms with Gasteiger partial charge in [-0.2, -0.15) is 0 Å². The predicted molar refractivity (Wildman–Crippen MR) is 70.0 cm³/mol. The molecule has 3 heteroatoms. The largest absolute Gasteiger partial charge is 0.331 e. The highest BCUT2D eigenvalue weighted by atomic mass is 16.2. The van der Waals surface area contributed by atoms with Crippen LogP contribution in [0, 0.1) is 11.8 Å². The van der Waals surface area contributed by atoms with E-state index in [2.05, 4.69) is 22.5 Å². The Kier molecular flexibility index (Phi) is 2.08. The van der Waals surface area contributed by atoms with Crippen LogP contribution in [0.15, 0.2) is 24.8 Å². The quantitative estimate of drug-likeness (QED) is 0.686. The van der Waals surface area contributed by atoms with Crippen LogP contribution in [0.3, 0.4) is 0 Å². The fourth-order valence-corrected chi connectivity index (χ4v) is 5.06. The molecule has 1 amide bonds. The van der Waals surface area contributed by atoms with E-state index in [0.29, 0.717) is 17.9 Å². The van der Waals surface area contributed by atoms with Crippen LogP contribution in [0.1, 0.15) is 19.3 Å². The Hall–Kier alpha value is -1.09. The normalized spacial score (nSPS) is 48.4. The third-order valence-electron chi connectivity index (χ3n) is 5.59. The van der Waals surface area contributed by atoms with Crippen LogP contribution >= 0.6 is 0 Å². The highest BCUT2D eigenvalue weighted by molar-refractivity contribution is 5.89. The summed E-state index contributed by atoms with van der Waals surface area (Å²) in [6.45, 7) is 7.27. The average Bonchev–Trinajstić information content (AvgIpc) is 2.50. The van der Waals surface area contributed by atoms with Gasteiger partial charge in [-0.15, -0.1) is 6.58 Å². The summed E-state index contributed by atoms with van der Waals surface area (Å²) in [5.74, 6) is 1.62. The minimum Gasteiger partial charge on any atom is -0.331 e. The Morgan fingerprint density at radius 2 is 2.33 bits per heavy atom. The van der Waals surface area contributed by atoms with E-state index < -0.39 is 0 Å². The summed E-state index contributed by atoms with van der Waals surface area (Å²) in [6, 6.07) is 0.501. The lowest BCUT2D eigenvalue weighted by atomic mass is 9.69. The van der Waals surface area contributed by atoms with Crippen LogP contribution in [0.4, 0.5) is 0 Å². The van der Waals surface area contributed by atoms with Gasteiger partial charge in [0.05, 0.1) is 5.54 Å². The van der Waals surface area contributed by atoms with Gasteiger partial charge in [0.25, 0.3) is 0 Å². The van der Waals surface area contributed by atoms with Crippen molar-refractivity contribution in [2.75, 3.05) is 19.6 Å². The SMILES string of the molecule is C=CC[C@H]1N2C[C@@H]3C[C@H](C2)[C@]12CC=CC(=O)N2C3. The van der Waals surface area contributed by atoms with Gasteiger partial charge in [-0.05, 0) is 37.2 Å². The number of hydrogen-bond donors (Lipinski definition) is 0. The molecule has 4 heterocycles. The minimum absolute atomic E-state index is 0.0903. The second-order valence-corrected chi connectivity index (χ2v) is 6.34. The Morgan fingerprint density at radius 1 is 1.44 bits per heavy atom. The maximum absolute atomic E-state index is 12.3. The molecule has 4 rings (SSSR count). The van der Waals surface area contributed by atoms with E-state index in [9.17, 15) is 4.79 Å². The van der Waals surface area contributed by atoms with Gasteiger partial charge in [0, 0.05) is 25.7 Å². The lowest BCUT2D eigenvalue weighted by Gasteiger charge is -2.53. The number of carbonyl (C=O) groups is 1. The zero-order chi connectivity index (χ0) is 12.3. The van der Waals surface area contributed by atoms with Gasteiger partial charge in [-0.1, -0.05) is 12.2 Å². The molecule has 4 aliphatic rings. The van der Waals surface area contributed by atoms with Gasteiger partial charge in [-0.3, -0.25) is 9.69 Å². The van der Waals surface area contributed by atoms with Crippen molar-refractivity contribution in [3.8, 4) is 0 Å². The molecule has 18 heavy (non-hydrogen) atoms. The summed E-state index contributed by atoms with van der Waals surface area (Å²) in [7, 11) is 0. The van der Waals surface area contributed by atoms with Gasteiger partial charge < -0.3 is 4.90 Å². The smallest absolute Gasteiger partial charge is 0.246 e. The van der Waals surface area contributed by atoms with E-state index in [1.807, 2.05) is 6.08 Å². The molecule has 1 unspecified atom stereocenters. The molecule has 3 bridgehead atoms. The summed E-state index contributed by atoms with van der Waals surface area (Å²) in [5.41, 5.74) is 0.0903. The summed E-state index contributed by atoms with van der Waals surface area (Å²) in [5, 5.41) is 0. The fraction of sp³-hybridized carbons (Fsp3) is 0.667. The molecule has 0 N–H and O–H groups in total. The molecule has 0 aromatic carbocycles. The van der Waals surface area contributed by atoms with Crippen LogP contribution < -0.4 is 0 Å². The Bertz CT molecular complexity index is 444. The molecule has 4 aliphatic heterocycles. The van der Waals surface area contributed by atoms with Crippen molar-refractivity contribution in [2.45, 2.75) is 30.8 Å². The van der Waals surface area contributed by atoms with E-state index in [1.54, 1.807) is 6.08 Å². The third kappa shape index (κ3) is 1.11. The van der Waals surface area contributed by atoms with Gasteiger partial charge in [0.1, 0.15) is 0 Å². The molecule has 3 nitrogen and oxygen atoms in total. The van der Waals surface area contributed by atoms with Crippen molar-refractivity contribution >= 4 is 5.91 Å². The maximum Gasteiger partial charge on any atom is 0.246 e. The molecular weight excluding hydrogens is 224 g/mol. The molecule has 0 aromatic rings. The number of carbonyl (C=O) groups excluding carboxylic acids is 1. The van der Waals surface area contributed by atoms with Gasteiger partial charge in [-0.25, -0.2) is 0 Å². The molecule has 1 spiro atoms. The number of piperidine rings is 2. The lowest BCUT2D eigenvalue weighted by molar-refractivity contribution is -0.140. The zero-order valence-electron chi connectivity index (χ0n) is 10.7. The Morgan fingerprint density at radius 3 is 3.17 bits per heavy atom. The van der Waals surface area contributed by atoms with E-state index in [-0.39, 0.29) is 11.4 Å². The summed E-state index contributed by atoms with van der Waals surface area (Å²) in [6.07, 6.45) is 9.31. The van der Waals surface area contributed by atoms with Crippen molar-refractivity contribution < 1.29 is 4.79 Å². The van der Waals surface area contributed by atoms with Gasteiger partial charge in [0.2, 0.25) is 5.91 Å². The van der Waals surface area contributed by atoms with Crippen molar-refractivity contribution in [3.63, 3.8) is 0 Å². The zero-order valence-corrected chi connectivity index (χ0v) is 10.7. The van der Waals surface area contributed by atoms with Crippen molar-refractivity contribution in [1.82, 2.24) is 9.80 Å².